The minimum absolute atomic E-state index is 0.0417. The molecule has 162 valence electrons. The normalized spacial score (nSPS) is 17.4. The van der Waals surface area contributed by atoms with Gasteiger partial charge >= 0.3 is 6.18 Å². The van der Waals surface area contributed by atoms with Gasteiger partial charge in [0.05, 0.1) is 5.56 Å². The number of nitrogens with two attached hydrogens (primary N) is 1. The molecule has 0 spiro atoms. The average molecular weight is 420 g/mol. The van der Waals surface area contributed by atoms with E-state index in [4.69, 9.17) is 5.73 Å². The summed E-state index contributed by atoms with van der Waals surface area (Å²) in [5, 5.41) is 14.0. The lowest BCUT2D eigenvalue weighted by atomic mass is 9.73. The molecule has 1 atom stereocenters. The van der Waals surface area contributed by atoms with E-state index in [0.717, 1.165) is 42.5 Å². The maximum Gasteiger partial charge on any atom is 0.418 e. The summed E-state index contributed by atoms with van der Waals surface area (Å²) in [7, 11) is 0. The lowest BCUT2D eigenvalue weighted by molar-refractivity contribution is -0.142. The third kappa shape index (κ3) is 4.95. The quantitative estimate of drug-likeness (QED) is 0.590. The minimum atomic E-state index is -4.63. The van der Waals surface area contributed by atoms with Gasteiger partial charge in [0.1, 0.15) is 5.60 Å². The summed E-state index contributed by atoms with van der Waals surface area (Å²) in [5.41, 5.74) is 4.08. The number of anilines is 2. The topological polar surface area (TPSA) is 75.3 Å². The smallest absolute Gasteiger partial charge is 0.398 e. The number of benzene rings is 2. The molecule has 30 heavy (non-hydrogen) atoms. The van der Waals surface area contributed by atoms with Crippen LogP contribution in [0, 0.1) is 12.8 Å². The van der Waals surface area contributed by atoms with Gasteiger partial charge in [0.25, 0.3) is 5.91 Å². The number of nitrogen functional groups attached to an aromatic ring is 1. The van der Waals surface area contributed by atoms with Crippen molar-refractivity contribution in [1.29, 1.82) is 0 Å². The molecule has 1 aliphatic carbocycles. The minimum Gasteiger partial charge on any atom is -0.398 e. The van der Waals surface area contributed by atoms with Crippen molar-refractivity contribution in [2.45, 2.75) is 57.2 Å². The fourth-order valence-corrected chi connectivity index (χ4v) is 4.24. The molecule has 1 aliphatic rings. The van der Waals surface area contributed by atoms with Gasteiger partial charge in [0.2, 0.25) is 0 Å². The monoisotopic (exact) mass is 420 g/mol. The molecular weight excluding hydrogens is 393 g/mol. The zero-order valence-corrected chi connectivity index (χ0v) is 16.9. The number of nitrogens with one attached hydrogen (secondary N) is 1. The van der Waals surface area contributed by atoms with Crippen LogP contribution in [0.1, 0.15) is 48.8 Å². The van der Waals surface area contributed by atoms with Crippen molar-refractivity contribution in [1.82, 2.24) is 0 Å². The zero-order chi connectivity index (χ0) is 21.9. The van der Waals surface area contributed by atoms with Gasteiger partial charge in [0, 0.05) is 17.8 Å². The fourth-order valence-electron chi connectivity index (χ4n) is 4.24. The van der Waals surface area contributed by atoms with Gasteiger partial charge in [-0.05, 0) is 49.4 Å². The maximum absolute atomic E-state index is 13.2. The maximum atomic E-state index is 13.2. The molecule has 1 amide bonds. The fraction of sp³-hybridized carbons (Fsp3) is 0.435. The number of hydrogen-bond donors (Lipinski definition) is 3. The highest BCUT2D eigenvalue weighted by atomic mass is 19.4. The number of alkyl halides is 3. The van der Waals surface area contributed by atoms with Crippen LogP contribution in [0.15, 0.2) is 42.5 Å². The van der Waals surface area contributed by atoms with Crippen molar-refractivity contribution in [3.05, 3.63) is 59.2 Å². The van der Waals surface area contributed by atoms with Crippen LogP contribution in [0.3, 0.4) is 0 Å². The summed E-state index contributed by atoms with van der Waals surface area (Å²) in [5.74, 6) is -0.948. The van der Waals surface area contributed by atoms with Crippen molar-refractivity contribution >= 4 is 17.3 Å². The van der Waals surface area contributed by atoms with Crippen LogP contribution in [0.25, 0.3) is 0 Å². The summed E-state index contributed by atoms with van der Waals surface area (Å²) in [6.07, 6.45) is -0.261. The Morgan fingerprint density at radius 2 is 1.83 bits per heavy atom. The van der Waals surface area contributed by atoms with Gasteiger partial charge in [-0.15, -0.1) is 0 Å². The van der Waals surface area contributed by atoms with Gasteiger partial charge < -0.3 is 16.2 Å². The van der Waals surface area contributed by atoms with Crippen molar-refractivity contribution in [2.24, 2.45) is 5.92 Å². The van der Waals surface area contributed by atoms with E-state index in [9.17, 15) is 23.1 Å². The van der Waals surface area contributed by atoms with Crippen LogP contribution in [0.4, 0.5) is 24.5 Å². The molecule has 2 aromatic carbocycles. The Labute approximate surface area is 174 Å². The number of carbonyl (C=O) groups is 1. The van der Waals surface area contributed by atoms with Gasteiger partial charge in [-0.25, -0.2) is 0 Å². The first-order chi connectivity index (χ1) is 14.1. The second-order valence-corrected chi connectivity index (χ2v) is 8.18. The van der Waals surface area contributed by atoms with Gasteiger partial charge in [0.15, 0.2) is 0 Å². The van der Waals surface area contributed by atoms with E-state index in [0.29, 0.717) is 12.8 Å². The van der Waals surface area contributed by atoms with Crippen LogP contribution in [0.5, 0.6) is 0 Å². The zero-order valence-electron chi connectivity index (χ0n) is 16.9. The number of carbonyl (C=O) groups excluding carboxylic acids is 1. The Morgan fingerprint density at radius 1 is 1.13 bits per heavy atom. The number of halogens is 3. The first kappa shape index (κ1) is 22.2. The van der Waals surface area contributed by atoms with Crippen molar-refractivity contribution in [3.8, 4) is 0 Å². The first-order valence-electron chi connectivity index (χ1n) is 10.2. The third-order valence-corrected chi connectivity index (χ3v) is 5.85. The van der Waals surface area contributed by atoms with E-state index in [2.05, 4.69) is 5.32 Å². The van der Waals surface area contributed by atoms with Gasteiger partial charge in [-0.2, -0.15) is 13.2 Å². The van der Waals surface area contributed by atoms with Crippen LogP contribution < -0.4 is 11.1 Å². The molecular formula is C23H27F3N2O2. The lowest BCUT2D eigenvalue weighted by Crippen LogP contribution is -2.51. The summed E-state index contributed by atoms with van der Waals surface area (Å²) >= 11 is 0. The largest absolute Gasteiger partial charge is 0.418 e. The molecule has 4 N–H and O–H groups in total. The lowest BCUT2D eigenvalue weighted by Gasteiger charge is -2.37. The van der Waals surface area contributed by atoms with Gasteiger partial charge in [-0.1, -0.05) is 49.1 Å². The Morgan fingerprint density at radius 3 is 2.47 bits per heavy atom. The van der Waals surface area contributed by atoms with Crippen LogP contribution in [-0.2, 0) is 17.4 Å². The molecule has 0 aromatic heterocycles. The van der Waals surface area contributed by atoms with E-state index in [-0.39, 0.29) is 18.0 Å². The summed E-state index contributed by atoms with van der Waals surface area (Å²) < 4.78 is 39.5. The molecule has 1 saturated carbocycles. The van der Waals surface area contributed by atoms with E-state index >= 15 is 0 Å². The standard InChI is InChI=1S/C23H27F3N2O2/c1-15-6-5-7-16(12-15)14-22(30,17-8-3-2-4-9-17)21(29)28-18-10-11-20(27)19(13-18)23(24,25)26/h5-7,10-13,17,30H,2-4,8-9,14,27H2,1H3,(H,28,29). The molecule has 1 fully saturated rings. The second-order valence-electron chi connectivity index (χ2n) is 8.18. The predicted molar refractivity (Wildman–Crippen MR) is 111 cm³/mol. The summed E-state index contributed by atoms with van der Waals surface area (Å²) in [6.45, 7) is 1.93. The molecule has 2 aromatic rings. The number of hydrogen-bond acceptors (Lipinski definition) is 3. The number of aliphatic hydroxyl groups is 1. The highest BCUT2D eigenvalue weighted by Gasteiger charge is 2.44. The summed E-state index contributed by atoms with van der Waals surface area (Å²) in [6, 6.07) is 10.8. The van der Waals surface area contributed by atoms with Crippen LogP contribution >= 0.6 is 0 Å². The molecule has 0 radical (unpaired) electrons. The SMILES string of the molecule is Cc1cccc(CC(O)(C(=O)Nc2ccc(N)c(C(F)(F)F)c2)C2CCCCC2)c1. The molecule has 0 bridgehead atoms. The highest BCUT2D eigenvalue weighted by Crippen LogP contribution is 2.38. The Bertz CT molecular complexity index is 908. The predicted octanol–water partition coefficient (Wildman–Crippen LogP) is 5.09. The Hall–Kier alpha value is -2.54. The van der Waals surface area contributed by atoms with E-state index in [1.54, 1.807) is 0 Å². The van der Waals surface area contributed by atoms with Crippen molar-refractivity contribution < 1.29 is 23.1 Å². The van der Waals surface area contributed by atoms with E-state index < -0.39 is 28.9 Å². The van der Waals surface area contributed by atoms with E-state index in [1.807, 2.05) is 31.2 Å². The number of rotatable bonds is 5. The summed E-state index contributed by atoms with van der Waals surface area (Å²) in [4.78, 5) is 13.2. The number of amides is 1. The molecule has 0 heterocycles. The Balaban J connectivity index is 1.90. The Kier molecular flexibility index (Phi) is 6.41. The first-order valence-corrected chi connectivity index (χ1v) is 10.2. The molecule has 4 nitrogen and oxygen atoms in total. The van der Waals surface area contributed by atoms with Crippen LogP contribution in [-0.4, -0.2) is 16.6 Å². The molecule has 3 rings (SSSR count). The second kappa shape index (κ2) is 8.68. The van der Waals surface area contributed by atoms with Crippen molar-refractivity contribution in [3.63, 3.8) is 0 Å². The van der Waals surface area contributed by atoms with Crippen LogP contribution in [0.2, 0.25) is 0 Å². The molecule has 1 unspecified atom stereocenters. The third-order valence-electron chi connectivity index (χ3n) is 5.85. The number of aryl methyl sites for hydroxylation is 1. The van der Waals surface area contributed by atoms with Gasteiger partial charge in [-0.3, -0.25) is 4.79 Å². The molecule has 0 saturated heterocycles. The average Bonchev–Trinajstić information content (AvgIpc) is 2.69. The van der Waals surface area contributed by atoms with Crippen molar-refractivity contribution in [2.75, 3.05) is 11.1 Å². The highest BCUT2D eigenvalue weighted by molar-refractivity contribution is 5.98. The molecule has 0 aliphatic heterocycles. The van der Waals surface area contributed by atoms with E-state index in [1.165, 1.54) is 6.07 Å². The molecule has 7 heteroatoms.